The third-order valence-corrected chi connectivity index (χ3v) is 3.42. The van der Waals surface area contributed by atoms with Gasteiger partial charge in [0.25, 0.3) is 0 Å². The van der Waals surface area contributed by atoms with Gasteiger partial charge < -0.3 is 9.47 Å². The second-order valence-electron chi connectivity index (χ2n) is 5.25. The van der Waals surface area contributed by atoms with E-state index in [1.54, 1.807) is 39.3 Å². The molecular formula is C17H27N3O3. The summed E-state index contributed by atoms with van der Waals surface area (Å²) in [4.78, 5) is 12.0. The van der Waals surface area contributed by atoms with Crippen molar-refractivity contribution < 1.29 is 9.47 Å². The van der Waals surface area contributed by atoms with Gasteiger partial charge in [-0.3, -0.25) is 9.98 Å². The van der Waals surface area contributed by atoms with Crippen molar-refractivity contribution in [2.24, 2.45) is 7.05 Å². The Labute approximate surface area is 137 Å². The standard InChI is InChI=1S/C13H17N3O3.C4H10/c1-9(14)16-11-5-4-10(19-7-6-18-3)8-12(11)15(2)13(16)17;1-3-4-2/h4-5,8,14H,6-7H2,1-3H3;3-4H2,1-2H3. The van der Waals surface area contributed by atoms with E-state index in [9.17, 15) is 4.79 Å². The van der Waals surface area contributed by atoms with Gasteiger partial charge in [0, 0.05) is 20.2 Å². The maximum absolute atomic E-state index is 12.0. The Kier molecular flexibility index (Phi) is 7.54. The van der Waals surface area contributed by atoms with Crippen LogP contribution >= 0.6 is 0 Å². The number of benzene rings is 1. The number of hydrogen-bond donors (Lipinski definition) is 1. The Hall–Kier alpha value is -2.08. The summed E-state index contributed by atoms with van der Waals surface area (Å²) in [6.45, 7) is 6.92. The molecular weight excluding hydrogens is 294 g/mol. The van der Waals surface area contributed by atoms with Crippen molar-refractivity contribution >= 4 is 16.9 Å². The monoisotopic (exact) mass is 321 g/mol. The third kappa shape index (κ3) is 4.69. The molecule has 0 aliphatic rings. The smallest absolute Gasteiger partial charge is 0.334 e. The predicted molar refractivity (Wildman–Crippen MR) is 93.9 cm³/mol. The molecule has 0 saturated heterocycles. The molecule has 1 aromatic carbocycles. The molecule has 0 unspecified atom stereocenters. The Morgan fingerprint density at radius 2 is 1.83 bits per heavy atom. The topological polar surface area (TPSA) is 69.2 Å². The number of aryl methyl sites for hydroxylation is 1. The third-order valence-electron chi connectivity index (χ3n) is 3.42. The Morgan fingerprint density at radius 1 is 1.17 bits per heavy atom. The lowest BCUT2D eigenvalue weighted by Gasteiger charge is -2.06. The first kappa shape index (κ1) is 19.0. The number of rotatable bonds is 5. The van der Waals surface area contributed by atoms with Gasteiger partial charge in [0.1, 0.15) is 18.2 Å². The largest absolute Gasteiger partial charge is 0.491 e. The molecule has 0 fully saturated rings. The van der Waals surface area contributed by atoms with E-state index >= 15 is 0 Å². The predicted octanol–water partition coefficient (Wildman–Crippen LogP) is 3.02. The molecule has 0 saturated carbocycles. The van der Waals surface area contributed by atoms with Gasteiger partial charge in [-0.15, -0.1) is 0 Å². The van der Waals surface area contributed by atoms with Gasteiger partial charge in [-0.2, -0.15) is 0 Å². The number of aromatic nitrogens is 2. The van der Waals surface area contributed by atoms with E-state index in [1.807, 2.05) is 0 Å². The van der Waals surface area contributed by atoms with Gasteiger partial charge in [-0.1, -0.05) is 26.7 Å². The van der Waals surface area contributed by atoms with Crippen LogP contribution in [-0.4, -0.2) is 35.3 Å². The molecule has 2 rings (SSSR count). The van der Waals surface area contributed by atoms with Crippen LogP contribution in [0.1, 0.15) is 33.6 Å². The second kappa shape index (κ2) is 9.15. The van der Waals surface area contributed by atoms with E-state index < -0.39 is 0 Å². The number of fused-ring (bicyclic) bond motifs is 1. The van der Waals surface area contributed by atoms with Gasteiger partial charge >= 0.3 is 5.69 Å². The van der Waals surface area contributed by atoms with Crippen LogP contribution in [-0.2, 0) is 11.8 Å². The summed E-state index contributed by atoms with van der Waals surface area (Å²) in [7, 11) is 3.30. The Morgan fingerprint density at radius 3 is 2.35 bits per heavy atom. The summed E-state index contributed by atoms with van der Waals surface area (Å²) >= 11 is 0. The summed E-state index contributed by atoms with van der Waals surface area (Å²) < 4.78 is 13.3. The highest BCUT2D eigenvalue weighted by atomic mass is 16.5. The summed E-state index contributed by atoms with van der Waals surface area (Å²) in [5, 5.41) is 7.66. The Balaban J connectivity index is 0.000000593. The summed E-state index contributed by atoms with van der Waals surface area (Å²) in [6.07, 6.45) is 2.64. The average Bonchev–Trinajstić information content (AvgIpc) is 2.79. The fourth-order valence-corrected chi connectivity index (χ4v) is 1.97. The molecule has 2 aromatic rings. The second-order valence-corrected chi connectivity index (χ2v) is 5.25. The van der Waals surface area contributed by atoms with Crippen LogP contribution in [0.15, 0.2) is 23.0 Å². The number of methoxy groups -OCH3 is 1. The van der Waals surface area contributed by atoms with Crippen LogP contribution in [0.5, 0.6) is 5.75 Å². The fraction of sp³-hybridized carbons (Fsp3) is 0.529. The van der Waals surface area contributed by atoms with Crippen molar-refractivity contribution in [2.75, 3.05) is 20.3 Å². The average molecular weight is 321 g/mol. The van der Waals surface area contributed by atoms with Crippen LogP contribution in [0.2, 0.25) is 0 Å². The Bertz CT molecular complexity index is 699. The molecule has 0 aliphatic heterocycles. The van der Waals surface area contributed by atoms with Crippen molar-refractivity contribution in [1.82, 2.24) is 9.13 Å². The first-order valence-electron chi connectivity index (χ1n) is 7.86. The first-order chi connectivity index (χ1) is 11.0. The maximum atomic E-state index is 12.0. The maximum Gasteiger partial charge on any atom is 0.334 e. The molecule has 0 aliphatic carbocycles. The minimum Gasteiger partial charge on any atom is -0.491 e. The molecule has 6 heteroatoms. The first-order valence-corrected chi connectivity index (χ1v) is 7.86. The van der Waals surface area contributed by atoms with Crippen molar-refractivity contribution in [3.05, 3.63) is 28.7 Å². The molecule has 23 heavy (non-hydrogen) atoms. The van der Waals surface area contributed by atoms with Crippen molar-refractivity contribution in [2.45, 2.75) is 33.6 Å². The van der Waals surface area contributed by atoms with Gasteiger partial charge in [-0.05, 0) is 19.1 Å². The summed E-state index contributed by atoms with van der Waals surface area (Å²) in [5.41, 5.74) is 1.22. The number of hydrogen-bond acceptors (Lipinski definition) is 4. The molecule has 0 radical (unpaired) electrons. The van der Waals surface area contributed by atoms with Crippen molar-refractivity contribution in [3.8, 4) is 5.75 Å². The molecule has 0 atom stereocenters. The number of nitrogens with zero attached hydrogens (tertiary/aromatic N) is 2. The zero-order chi connectivity index (χ0) is 17.4. The van der Waals surface area contributed by atoms with E-state index in [2.05, 4.69) is 13.8 Å². The summed E-state index contributed by atoms with van der Waals surface area (Å²) in [6, 6.07) is 5.37. The van der Waals surface area contributed by atoms with Gasteiger partial charge in [0.15, 0.2) is 0 Å². The zero-order valence-electron chi connectivity index (χ0n) is 14.7. The molecule has 1 N–H and O–H groups in total. The molecule has 1 heterocycles. The molecule has 0 spiro atoms. The zero-order valence-corrected chi connectivity index (χ0v) is 14.7. The van der Waals surface area contributed by atoms with Gasteiger partial charge in [-0.25, -0.2) is 9.36 Å². The summed E-state index contributed by atoms with van der Waals surface area (Å²) in [5.74, 6) is 0.878. The van der Waals surface area contributed by atoms with Crippen molar-refractivity contribution in [1.29, 1.82) is 5.41 Å². The lowest BCUT2D eigenvalue weighted by molar-refractivity contribution is 0.146. The minimum atomic E-state index is -0.225. The SMILES string of the molecule is CCCC.COCCOc1ccc2c(c1)n(C)c(=O)n2C(C)=N. The highest BCUT2D eigenvalue weighted by Gasteiger charge is 2.12. The van der Waals surface area contributed by atoms with E-state index in [4.69, 9.17) is 14.9 Å². The lowest BCUT2D eigenvalue weighted by Crippen LogP contribution is -2.25. The number of nitrogens with one attached hydrogen (secondary N) is 1. The van der Waals surface area contributed by atoms with E-state index in [-0.39, 0.29) is 11.5 Å². The minimum absolute atomic E-state index is 0.198. The number of imidazole rings is 1. The molecule has 1 aromatic heterocycles. The van der Waals surface area contributed by atoms with E-state index in [1.165, 1.54) is 22.0 Å². The van der Waals surface area contributed by atoms with Crippen LogP contribution in [0, 0.1) is 5.41 Å². The van der Waals surface area contributed by atoms with Gasteiger partial charge in [0.2, 0.25) is 0 Å². The molecule has 6 nitrogen and oxygen atoms in total. The van der Waals surface area contributed by atoms with Crippen LogP contribution in [0.3, 0.4) is 0 Å². The van der Waals surface area contributed by atoms with E-state index in [0.717, 1.165) is 5.52 Å². The van der Waals surface area contributed by atoms with Gasteiger partial charge in [0.05, 0.1) is 17.6 Å². The number of ether oxygens (including phenoxy) is 2. The molecule has 0 amide bonds. The number of unbranched alkanes of at least 4 members (excludes halogenated alkanes) is 1. The van der Waals surface area contributed by atoms with E-state index in [0.29, 0.717) is 24.5 Å². The molecule has 0 bridgehead atoms. The lowest BCUT2D eigenvalue weighted by atomic mass is 10.3. The quantitative estimate of drug-likeness (QED) is 0.523. The van der Waals surface area contributed by atoms with Crippen molar-refractivity contribution in [3.63, 3.8) is 0 Å². The van der Waals surface area contributed by atoms with Crippen LogP contribution in [0.25, 0.3) is 11.0 Å². The highest BCUT2D eigenvalue weighted by Crippen LogP contribution is 2.19. The highest BCUT2D eigenvalue weighted by molar-refractivity contribution is 5.91. The molecule has 128 valence electrons. The van der Waals surface area contributed by atoms with Crippen LogP contribution < -0.4 is 10.4 Å². The normalized spacial score (nSPS) is 10.3. The fourth-order valence-electron chi connectivity index (χ4n) is 1.97. The van der Waals surface area contributed by atoms with Crippen LogP contribution in [0.4, 0.5) is 0 Å².